The van der Waals surface area contributed by atoms with Crippen molar-refractivity contribution in [3.63, 3.8) is 0 Å². The molecule has 0 atom stereocenters. The number of rotatable bonds is 1. The maximum atomic E-state index is 11.2. The lowest BCUT2D eigenvalue weighted by Crippen LogP contribution is -2.06. The zero-order valence-corrected chi connectivity index (χ0v) is 9.66. The number of hydrogen-bond donors (Lipinski definition) is 1. The average molecular weight is 214 g/mol. The van der Waals surface area contributed by atoms with Gasteiger partial charge in [0.05, 0.1) is 6.20 Å². The van der Waals surface area contributed by atoms with Gasteiger partial charge >= 0.3 is 0 Å². The van der Waals surface area contributed by atoms with E-state index in [4.69, 9.17) is 0 Å². The SMILES string of the molecule is Cc1cc(C)c(-c2cn[nH]c(=O)c2)cc1C. The average Bonchev–Trinajstić information content (AvgIpc) is 2.23. The monoisotopic (exact) mass is 214 g/mol. The first-order valence-corrected chi connectivity index (χ1v) is 5.21. The van der Waals surface area contributed by atoms with Crippen molar-refractivity contribution in [2.75, 3.05) is 0 Å². The lowest BCUT2D eigenvalue weighted by Gasteiger charge is -2.09. The lowest BCUT2D eigenvalue weighted by molar-refractivity contribution is 0.990. The highest BCUT2D eigenvalue weighted by Crippen LogP contribution is 2.24. The van der Waals surface area contributed by atoms with Crippen LogP contribution in [0.5, 0.6) is 0 Å². The molecule has 16 heavy (non-hydrogen) atoms. The van der Waals surface area contributed by atoms with Crippen molar-refractivity contribution in [3.05, 3.63) is 51.4 Å². The van der Waals surface area contributed by atoms with Crippen LogP contribution >= 0.6 is 0 Å². The third-order valence-electron chi connectivity index (χ3n) is 2.82. The largest absolute Gasteiger partial charge is 0.268 e. The summed E-state index contributed by atoms with van der Waals surface area (Å²) in [5, 5.41) is 6.20. The Labute approximate surface area is 94.2 Å². The summed E-state index contributed by atoms with van der Waals surface area (Å²) in [7, 11) is 0. The summed E-state index contributed by atoms with van der Waals surface area (Å²) in [5.41, 5.74) is 5.41. The fraction of sp³-hybridized carbons (Fsp3) is 0.231. The minimum atomic E-state index is -0.171. The van der Waals surface area contributed by atoms with Gasteiger partial charge in [-0.1, -0.05) is 12.1 Å². The van der Waals surface area contributed by atoms with Gasteiger partial charge in [-0.2, -0.15) is 5.10 Å². The van der Waals surface area contributed by atoms with Crippen LogP contribution in [-0.2, 0) is 0 Å². The summed E-state index contributed by atoms with van der Waals surface area (Å²) in [6, 6.07) is 5.80. The van der Waals surface area contributed by atoms with Crippen molar-refractivity contribution in [1.29, 1.82) is 0 Å². The molecule has 82 valence electrons. The van der Waals surface area contributed by atoms with Crippen LogP contribution in [0.4, 0.5) is 0 Å². The van der Waals surface area contributed by atoms with Crippen LogP contribution in [0.3, 0.4) is 0 Å². The third-order valence-corrected chi connectivity index (χ3v) is 2.82. The van der Waals surface area contributed by atoms with Crippen molar-refractivity contribution >= 4 is 0 Å². The zero-order valence-electron chi connectivity index (χ0n) is 9.66. The Morgan fingerprint density at radius 3 is 2.38 bits per heavy atom. The zero-order chi connectivity index (χ0) is 11.7. The fourth-order valence-corrected chi connectivity index (χ4v) is 1.80. The molecule has 2 aromatic rings. The molecule has 0 amide bonds. The molecule has 0 saturated heterocycles. The number of nitrogens with zero attached hydrogens (tertiary/aromatic N) is 1. The molecule has 0 radical (unpaired) electrons. The Morgan fingerprint density at radius 1 is 1.00 bits per heavy atom. The Hall–Kier alpha value is -1.90. The van der Waals surface area contributed by atoms with Crippen molar-refractivity contribution in [2.24, 2.45) is 0 Å². The van der Waals surface area contributed by atoms with Crippen molar-refractivity contribution in [3.8, 4) is 11.1 Å². The van der Waals surface area contributed by atoms with E-state index < -0.39 is 0 Å². The Balaban J connectivity index is 2.65. The van der Waals surface area contributed by atoms with Gasteiger partial charge in [0, 0.05) is 11.6 Å². The normalized spacial score (nSPS) is 10.4. The van der Waals surface area contributed by atoms with Crippen molar-refractivity contribution in [1.82, 2.24) is 10.2 Å². The van der Waals surface area contributed by atoms with Gasteiger partial charge in [-0.3, -0.25) is 4.79 Å². The van der Waals surface area contributed by atoms with Gasteiger partial charge in [-0.05, 0) is 43.0 Å². The van der Waals surface area contributed by atoms with Gasteiger partial charge in [-0.25, -0.2) is 5.10 Å². The predicted octanol–water partition coefficient (Wildman–Crippen LogP) is 2.36. The van der Waals surface area contributed by atoms with E-state index in [-0.39, 0.29) is 5.56 Å². The molecule has 1 aromatic heterocycles. The molecule has 3 heteroatoms. The number of aromatic nitrogens is 2. The number of hydrogen-bond acceptors (Lipinski definition) is 2. The highest BCUT2D eigenvalue weighted by molar-refractivity contribution is 5.67. The molecule has 2 rings (SSSR count). The second-order valence-corrected chi connectivity index (χ2v) is 4.09. The fourth-order valence-electron chi connectivity index (χ4n) is 1.80. The molecule has 0 saturated carbocycles. The predicted molar refractivity (Wildman–Crippen MR) is 64.5 cm³/mol. The highest BCUT2D eigenvalue weighted by atomic mass is 16.1. The molecule has 0 fully saturated rings. The molecule has 1 heterocycles. The summed E-state index contributed by atoms with van der Waals surface area (Å²) >= 11 is 0. The Bertz CT molecular complexity index is 585. The summed E-state index contributed by atoms with van der Waals surface area (Å²) < 4.78 is 0. The topological polar surface area (TPSA) is 45.8 Å². The van der Waals surface area contributed by atoms with Gasteiger partial charge < -0.3 is 0 Å². The lowest BCUT2D eigenvalue weighted by atomic mass is 9.97. The molecular weight excluding hydrogens is 200 g/mol. The molecular formula is C13H14N2O. The van der Waals surface area contributed by atoms with Crippen LogP contribution < -0.4 is 5.56 Å². The Kier molecular flexibility index (Phi) is 2.60. The number of H-pyrrole nitrogens is 1. The molecule has 1 aromatic carbocycles. The maximum Gasteiger partial charge on any atom is 0.264 e. The molecule has 3 nitrogen and oxygen atoms in total. The first kappa shape index (κ1) is 10.6. The summed E-state index contributed by atoms with van der Waals surface area (Å²) in [5.74, 6) is 0. The van der Waals surface area contributed by atoms with E-state index in [9.17, 15) is 4.79 Å². The van der Waals surface area contributed by atoms with E-state index in [0.717, 1.165) is 16.7 Å². The quantitative estimate of drug-likeness (QED) is 0.792. The Morgan fingerprint density at radius 2 is 1.69 bits per heavy atom. The molecule has 0 bridgehead atoms. The molecule has 0 spiro atoms. The van der Waals surface area contributed by atoms with Crippen molar-refractivity contribution in [2.45, 2.75) is 20.8 Å². The van der Waals surface area contributed by atoms with Crippen LogP contribution in [0.15, 0.2) is 29.2 Å². The van der Waals surface area contributed by atoms with Gasteiger partial charge in [0.15, 0.2) is 0 Å². The summed E-state index contributed by atoms with van der Waals surface area (Å²) in [4.78, 5) is 11.2. The van der Waals surface area contributed by atoms with Gasteiger partial charge in [0.2, 0.25) is 0 Å². The van der Waals surface area contributed by atoms with E-state index in [1.807, 2.05) is 6.92 Å². The van der Waals surface area contributed by atoms with E-state index >= 15 is 0 Å². The number of aromatic amines is 1. The summed E-state index contributed by atoms with van der Waals surface area (Å²) in [6.45, 7) is 6.20. The number of aryl methyl sites for hydroxylation is 3. The van der Waals surface area contributed by atoms with Crippen molar-refractivity contribution < 1.29 is 0 Å². The molecule has 0 aliphatic rings. The smallest absolute Gasteiger partial charge is 0.264 e. The minimum Gasteiger partial charge on any atom is -0.268 e. The van der Waals surface area contributed by atoms with E-state index in [1.54, 1.807) is 12.3 Å². The van der Waals surface area contributed by atoms with E-state index in [0.29, 0.717) is 0 Å². The second kappa shape index (κ2) is 3.93. The highest BCUT2D eigenvalue weighted by Gasteiger charge is 2.05. The molecule has 0 unspecified atom stereocenters. The third kappa shape index (κ3) is 1.89. The van der Waals surface area contributed by atoms with E-state index in [1.165, 1.54) is 11.1 Å². The standard InChI is InChI=1S/C13H14N2O/c1-8-4-10(3)12(5-9(8)2)11-6-13(16)15-14-7-11/h4-7H,1-3H3,(H,15,16). The molecule has 1 N–H and O–H groups in total. The van der Waals surface area contributed by atoms with Crippen LogP contribution in [0.2, 0.25) is 0 Å². The van der Waals surface area contributed by atoms with Gasteiger partial charge in [0.25, 0.3) is 5.56 Å². The summed E-state index contributed by atoms with van der Waals surface area (Å²) in [6.07, 6.45) is 1.68. The molecule has 0 aliphatic carbocycles. The maximum absolute atomic E-state index is 11.2. The first-order valence-electron chi connectivity index (χ1n) is 5.21. The van der Waals surface area contributed by atoms with E-state index in [2.05, 4.69) is 36.2 Å². The van der Waals surface area contributed by atoms with Crippen LogP contribution in [-0.4, -0.2) is 10.2 Å². The second-order valence-electron chi connectivity index (χ2n) is 4.09. The van der Waals surface area contributed by atoms with Crippen LogP contribution in [0.25, 0.3) is 11.1 Å². The molecule has 0 aliphatic heterocycles. The van der Waals surface area contributed by atoms with Crippen LogP contribution in [0.1, 0.15) is 16.7 Å². The van der Waals surface area contributed by atoms with Gasteiger partial charge in [-0.15, -0.1) is 0 Å². The van der Waals surface area contributed by atoms with Gasteiger partial charge in [0.1, 0.15) is 0 Å². The minimum absolute atomic E-state index is 0.171. The first-order chi connectivity index (χ1) is 7.58. The number of benzene rings is 1. The number of nitrogens with one attached hydrogen (secondary N) is 1. The van der Waals surface area contributed by atoms with Crippen LogP contribution in [0, 0.1) is 20.8 Å².